The molecule has 0 spiro atoms. The van der Waals surface area contributed by atoms with Crippen LogP contribution in [0.15, 0.2) is 42.5 Å². The standard InChI is InChI=1S/C21H28N2O/c1-2-3-4-8-12-23-13-11-18-14-19(22)21(15-20(18)23)24-16-17-9-6-5-7-10-17/h5-7,9-10,14-15H,2-4,8,11-13,16,22H2,1H3. The van der Waals surface area contributed by atoms with Crippen molar-refractivity contribution in [3.8, 4) is 5.75 Å². The first kappa shape index (κ1) is 16.7. The molecule has 1 heterocycles. The third-order valence-corrected chi connectivity index (χ3v) is 4.72. The van der Waals surface area contributed by atoms with Gasteiger partial charge in [0.15, 0.2) is 0 Å². The molecule has 1 aliphatic heterocycles. The Morgan fingerprint density at radius 2 is 1.92 bits per heavy atom. The first-order chi connectivity index (χ1) is 11.8. The Labute approximate surface area is 145 Å². The van der Waals surface area contributed by atoms with E-state index in [4.69, 9.17) is 10.5 Å². The summed E-state index contributed by atoms with van der Waals surface area (Å²) >= 11 is 0. The number of anilines is 2. The van der Waals surface area contributed by atoms with Crippen LogP contribution in [0, 0.1) is 0 Å². The van der Waals surface area contributed by atoms with Gasteiger partial charge in [-0.15, -0.1) is 0 Å². The Balaban J connectivity index is 1.66. The Morgan fingerprint density at radius 3 is 2.71 bits per heavy atom. The number of hydrogen-bond donors (Lipinski definition) is 1. The van der Waals surface area contributed by atoms with Gasteiger partial charge in [0, 0.05) is 24.8 Å². The van der Waals surface area contributed by atoms with E-state index in [9.17, 15) is 0 Å². The highest BCUT2D eigenvalue weighted by molar-refractivity contribution is 5.69. The van der Waals surface area contributed by atoms with Gasteiger partial charge >= 0.3 is 0 Å². The minimum absolute atomic E-state index is 0.556. The number of hydrogen-bond acceptors (Lipinski definition) is 3. The predicted octanol–water partition coefficient (Wildman–Crippen LogP) is 4.79. The molecule has 3 rings (SSSR count). The minimum Gasteiger partial charge on any atom is -0.487 e. The van der Waals surface area contributed by atoms with Gasteiger partial charge in [0.05, 0.1) is 5.69 Å². The van der Waals surface area contributed by atoms with E-state index in [2.05, 4.69) is 36.1 Å². The highest BCUT2D eigenvalue weighted by Crippen LogP contribution is 2.36. The van der Waals surface area contributed by atoms with Crippen molar-refractivity contribution in [3.63, 3.8) is 0 Å². The van der Waals surface area contributed by atoms with E-state index in [1.165, 1.54) is 36.9 Å². The maximum absolute atomic E-state index is 6.20. The SMILES string of the molecule is CCCCCCN1CCc2cc(N)c(OCc3ccccc3)cc21. The van der Waals surface area contributed by atoms with Gasteiger partial charge in [-0.3, -0.25) is 0 Å². The molecule has 128 valence electrons. The van der Waals surface area contributed by atoms with Crippen molar-refractivity contribution in [1.29, 1.82) is 0 Å². The normalized spacial score (nSPS) is 13.1. The van der Waals surface area contributed by atoms with Gasteiger partial charge in [0.1, 0.15) is 12.4 Å². The van der Waals surface area contributed by atoms with E-state index in [0.717, 1.165) is 36.5 Å². The first-order valence-corrected chi connectivity index (χ1v) is 9.12. The molecule has 0 saturated heterocycles. The summed E-state index contributed by atoms with van der Waals surface area (Å²) in [5.74, 6) is 0.804. The molecule has 2 N–H and O–H groups in total. The molecule has 0 aromatic heterocycles. The zero-order valence-corrected chi connectivity index (χ0v) is 14.6. The number of nitrogens with zero attached hydrogens (tertiary/aromatic N) is 1. The molecule has 0 radical (unpaired) electrons. The lowest BCUT2D eigenvalue weighted by atomic mass is 10.1. The number of fused-ring (bicyclic) bond motifs is 1. The molecule has 0 fully saturated rings. The lowest BCUT2D eigenvalue weighted by molar-refractivity contribution is 0.308. The second-order valence-electron chi connectivity index (χ2n) is 6.59. The van der Waals surface area contributed by atoms with Crippen LogP contribution in [0.5, 0.6) is 5.75 Å². The Hall–Kier alpha value is -2.16. The van der Waals surface area contributed by atoms with Gasteiger partial charge in [0.2, 0.25) is 0 Å². The van der Waals surface area contributed by atoms with Gasteiger partial charge in [-0.2, -0.15) is 0 Å². The van der Waals surface area contributed by atoms with Gasteiger partial charge in [-0.1, -0.05) is 56.5 Å². The van der Waals surface area contributed by atoms with Crippen LogP contribution in [0.1, 0.15) is 43.7 Å². The number of ether oxygens (including phenoxy) is 1. The first-order valence-electron chi connectivity index (χ1n) is 9.12. The van der Waals surface area contributed by atoms with E-state index in [1.54, 1.807) is 0 Å². The summed E-state index contributed by atoms with van der Waals surface area (Å²) in [7, 11) is 0. The Bertz CT molecular complexity index is 654. The van der Waals surface area contributed by atoms with E-state index in [1.807, 2.05) is 18.2 Å². The molecule has 2 aromatic rings. The highest BCUT2D eigenvalue weighted by atomic mass is 16.5. The number of unbranched alkanes of at least 4 members (excludes halogenated alkanes) is 3. The van der Waals surface area contributed by atoms with Crippen molar-refractivity contribution >= 4 is 11.4 Å². The number of benzene rings is 2. The summed E-state index contributed by atoms with van der Waals surface area (Å²) < 4.78 is 5.99. The second-order valence-corrected chi connectivity index (χ2v) is 6.59. The van der Waals surface area contributed by atoms with Gasteiger partial charge in [-0.25, -0.2) is 0 Å². The van der Waals surface area contributed by atoms with Crippen LogP contribution in [-0.4, -0.2) is 13.1 Å². The van der Waals surface area contributed by atoms with Crippen LogP contribution >= 0.6 is 0 Å². The summed E-state index contributed by atoms with van der Waals surface area (Å²) in [4.78, 5) is 2.49. The van der Waals surface area contributed by atoms with Crippen LogP contribution in [0.2, 0.25) is 0 Å². The quantitative estimate of drug-likeness (QED) is 0.560. The number of rotatable bonds is 8. The van der Waals surface area contributed by atoms with E-state index in [0.29, 0.717) is 6.61 Å². The molecule has 3 nitrogen and oxygen atoms in total. The monoisotopic (exact) mass is 324 g/mol. The van der Waals surface area contributed by atoms with Crippen LogP contribution in [0.4, 0.5) is 11.4 Å². The fourth-order valence-electron chi connectivity index (χ4n) is 3.33. The molecule has 0 atom stereocenters. The zero-order valence-electron chi connectivity index (χ0n) is 14.6. The van der Waals surface area contributed by atoms with E-state index >= 15 is 0 Å². The van der Waals surface area contributed by atoms with Crippen molar-refractivity contribution < 1.29 is 4.74 Å². The van der Waals surface area contributed by atoms with Crippen molar-refractivity contribution in [1.82, 2.24) is 0 Å². The summed E-state index contributed by atoms with van der Waals surface area (Å²) in [6.45, 7) is 5.04. The number of nitrogens with two attached hydrogens (primary N) is 1. The predicted molar refractivity (Wildman–Crippen MR) is 102 cm³/mol. The average molecular weight is 324 g/mol. The lowest BCUT2D eigenvalue weighted by Gasteiger charge is -2.20. The molecule has 1 aliphatic rings. The van der Waals surface area contributed by atoms with Crippen molar-refractivity contribution in [2.45, 2.75) is 45.6 Å². The Kier molecular flexibility index (Phi) is 5.63. The van der Waals surface area contributed by atoms with Crippen molar-refractivity contribution in [2.24, 2.45) is 0 Å². The van der Waals surface area contributed by atoms with Gasteiger partial charge in [0.25, 0.3) is 0 Å². The largest absolute Gasteiger partial charge is 0.487 e. The summed E-state index contributed by atoms with van der Waals surface area (Å²) in [6.07, 6.45) is 6.28. The molecular weight excluding hydrogens is 296 g/mol. The fraction of sp³-hybridized carbons (Fsp3) is 0.429. The average Bonchev–Trinajstić information content (AvgIpc) is 2.99. The molecule has 2 aromatic carbocycles. The minimum atomic E-state index is 0.556. The third kappa shape index (κ3) is 4.02. The van der Waals surface area contributed by atoms with Crippen LogP contribution in [-0.2, 0) is 13.0 Å². The smallest absolute Gasteiger partial charge is 0.144 e. The van der Waals surface area contributed by atoms with E-state index < -0.39 is 0 Å². The third-order valence-electron chi connectivity index (χ3n) is 4.72. The zero-order chi connectivity index (χ0) is 16.8. The van der Waals surface area contributed by atoms with Crippen LogP contribution in [0.25, 0.3) is 0 Å². The fourth-order valence-corrected chi connectivity index (χ4v) is 3.33. The molecule has 0 saturated carbocycles. The molecule has 0 amide bonds. The number of nitrogen functional groups attached to an aromatic ring is 1. The molecule has 0 unspecified atom stereocenters. The molecule has 0 bridgehead atoms. The summed E-state index contributed by atoms with van der Waals surface area (Å²) in [5.41, 5.74) is 10.8. The lowest BCUT2D eigenvalue weighted by Crippen LogP contribution is -2.21. The highest BCUT2D eigenvalue weighted by Gasteiger charge is 2.21. The molecule has 0 aliphatic carbocycles. The molecule has 24 heavy (non-hydrogen) atoms. The van der Waals surface area contributed by atoms with E-state index in [-0.39, 0.29) is 0 Å². The summed E-state index contributed by atoms with van der Waals surface area (Å²) in [6, 6.07) is 14.5. The van der Waals surface area contributed by atoms with Gasteiger partial charge < -0.3 is 15.4 Å². The van der Waals surface area contributed by atoms with Crippen molar-refractivity contribution in [2.75, 3.05) is 23.7 Å². The molecular formula is C21H28N2O. The Morgan fingerprint density at radius 1 is 1.08 bits per heavy atom. The topological polar surface area (TPSA) is 38.5 Å². The van der Waals surface area contributed by atoms with Crippen LogP contribution in [0.3, 0.4) is 0 Å². The maximum Gasteiger partial charge on any atom is 0.144 e. The summed E-state index contributed by atoms with van der Waals surface area (Å²) in [5, 5.41) is 0. The maximum atomic E-state index is 6.20. The molecule has 3 heteroatoms. The second kappa shape index (κ2) is 8.09. The van der Waals surface area contributed by atoms with Crippen LogP contribution < -0.4 is 15.4 Å². The van der Waals surface area contributed by atoms with Crippen molar-refractivity contribution in [3.05, 3.63) is 53.6 Å². The van der Waals surface area contributed by atoms with Gasteiger partial charge in [-0.05, 0) is 30.0 Å².